The van der Waals surface area contributed by atoms with Crippen molar-refractivity contribution in [3.8, 4) is 10.6 Å². The Morgan fingerprint density at radius 1 is 1.12 bits per heavy atom. The highest BCUT2D eigenvalue weighted by Gasteiger charge is 2.13. The van der Waals surface area contributed by atoms with E-state index in [1.165, 1.54) is 0 Å². The summed E-state index contributed by atoms with van der Waals surface area (Å²) >= 11 is 7.66. The van der Waals surface area contributed by atoms with Gasteiger partial charge in [-0.3, -0.25) is 4.79 Å². The SMILES string of the molecule is O=C(NCc1nnc2ccc(-c3cccs3)nn12)c1ccccc1Cl. The van der Waals surface area contributed by atoms with Gasteiger partial charge in [0.25, 0.3) is 5.91 Å². The van der Waals surface area contributed by atoms with Crippen molar-refractivity contribution in [3.05, 3.63) is 70.3 Å². The number of carbonyl (C=O) groups is 1. The minimum Gasteiger partial charge on any atom is -0.345 e. The summed E-state index contributed by atoms with van der Waals surface area (Å²) in [5, 5.41) is 18.0. The highest BCUT2D eigenvalue weighted by Crippen LogP contribution is 2.22. The predicted octanol–water partition coefficient (Wildman–Crippen LogP) is 3.44. The summed E-state index contributed by atoms with van der Waals surface area (Å²) in [6.45, 7) is 0.201. The van der Waals surface area contributed by atoms with Crippen LogP contribution in [-0.4, -0.2) is 25.7 Å². The largest absolute Gasteiger partial charge is 0.345 e. The molecule has 0 bridgehead atoms. The number of rotatable bonds is 4. The topological polar surface area (TPSA) is 72.2 Å². The molecule has 1 N–H and O–H groups in total. The van der Waals surface area contributed by atoms with Gasteiger partial charge in [-0.1, -0.05) is 29.8 Å². The molecule has 4 rings (SSSR count). The third-order valence-corrected chi connectivity index (χ3v) is 4.85. The maximum atomic E-state index is 12.3. The monoisotopic (exact) mass is 369 g/mol. The lowest BCUT2D eigenvalue weighted by Crippen LogP contribution is -2.24. The molecule has 25 heavy (non-hydrogen) atoms. The molecule has 0 aliphatic heterocycles. The van der Waals surface area contributed by atoms with Gasteiger partial charge in [0.1, 0.15) is 5.69 Å². The third kappa shape index (κ3) is 3.11. The number of amides is 1. The van der Waals surface area contributed by atoms with Gasteiger partial charge in [-0.15, -0.1) is 21.5 Å². The summed E-state index contributed by atoms with van der Waals surface area (Å²) in [5.41, 5.74) is 1.88. The van der Waals surface area contributed by atoms with Crippen LogP contribution in [0.3, 0.4) is 0 Å². The number of aromatic nitrogens is 4. The quantitative estimate of drug-likeness (QED) is 0.598. The smallest absolute Gasteiger partial charge is 0.253 e. The number of hydrogen-bond acceptors (Lipinski definition) is 5. The van der Waals surface area contributed by atoms with Crippen LogP contribution in [0.1, 0.15) is 16.2 Å². The van der Waals surface area contributed by atoms with Crippen LogP contribution in [-0.2, 0) is 6.54 Å². The van der Waals surface area contributed by atoms with Crippen molar-refractivity contribution < 1.29 is 4.79 Å². The summed E-state index contributed by atoms with van der Waals surface area (Å²) in [6, 6.07) is 14.6. The van der Waals surface area contributed by atoms with E-state index in [-0.39, 0.29) is 12.5 Å². The first-order valence-corrected chi connectivity index (χ1v) is 8.76. The van der Waals surface area contributed by atoms with Gasteiger partial charge in [-0.2, -0.15) is 9.61 Å². The first-order chi connectivity index (χ1) is 12.2. The molecule has 0 aliphatic rings. The van der Waals surface area contributed by atoms with Crippen LogP contribution in [0.2, 0.25) is 5.02 Å². The molecule has 0 unspecified atom stereocenters. The molecule has 3 heterocycles. The van der Waals surface area contributed by atoms with Gasteiger partial charge in [0, 0.05) is 0 Å². The molecule has 8 heteroatoms. The van der Waals surface area contributed by atoms with Crippen LogP contribution < -0.4 is 5.32 Å². The molecule has 124 valence electrons. The molecule has 4 aromatic rings. The summed E-state index contributed by atoms with van der Waals surface area (Å²) in [5.74, 6) is 0.283. The number of halogens is 1. The summed E-state index contributed by atoms with van der Waals surface area (Å²) in [6.07, 6.45) is 0. The Labute approximate surface area is 152 Å². The van der Waals surface area contributed by atoms with E-state index in [2.05, 4.69) is 20.6 Å². The number of nitrogens with zero attached hydrogens (tertiary/aromatic N) is 4. The van der Waals surface area contributed by atoms with E-state index in [0.717, 1.165) is 10.6 Å². The standard InChI is InChI=1S/C17H12ClN5OS/c18-12-5-2-1-4-11(12)17(24)19-10-16-21-20-15-8-7-13(22-23(15)16)14-6-3-9-25-14/h1-9H,10H2,(H,19,24). The molecule has 3 aromatic heterocycles. The first kappa shape index (κ1) is 15.7. The lowest BCUT2D eigenvalue weighted by Gasteiger charge is -2.06. The molecular formula is C17H12ClN5OS. The van der Waals surface area contributed by atoms with E-state index in [0.29, 0.717) is 22.1 Å². The minimum atomic E-state index is -0.267. The normalized spacial score (nSPS) is 10.9. The lowest BCUT2D eigenvalue weighted by atomic mass is 10.2. The second-order valence-electron chi connectivity index (χ2n) is 5.24. The van der Waals surface area contributed by atoms with Gasteiger partial charge < -0.3 is 5.32 Å². The van der Waals surface area contributed by atoms with Gasteiger partial charge in [0.2, 0.25) is 0 Å². The van der Waals surface area contributed by atoms with Gasteiger partial charge in [-0.05, 0) is 35.7 Å². The number of thiophene rings is 1. The van der Waals surface area contributed by atoms with Crippen molar-refractivity contribution in [2.45, 2.75) is 6.54 Å². The van der Waals surface area contributed by atoms with E-state index in [1.807, 2.05) is 29.6 Å². The average molecular weight is 370 g/mol. The Kier molecular flexibility index (Phi) is 4.17. The highest BCUT2D eigenvalue weighted by atomic mass is 35.5. The first-order valence-electron chi connectivity index (χ1n) is 7.50. The molecule has 0 saturated heterocycles. The Bertz CT molecular complexity index is 1040. The number of hydrogen-bond donors (Lipinski definition) is 1. The molecular weight excluding hydrogens is 358 g/mol. The van der Waals surface area contributed by atoms with E-state index < -0.39 is 0 Å². The summed E-state index contributed by atoms with van der Waals surface area (Å²) < 4.78 is 1.64. The van der Waals surface area contributed by atoms with Crippen LogP contribution in [0.25, 0.3) is 16.2 Å². The number of benzene rings is 1. The molecule has 0 radical (unpaired) electrons. The van der Waals surface area contributed by atoms with Crippen molar-refractivity contribution in [1.29, 1.82) is 0 Å². The summed E-state index contributed by atoms with van der Waals surface area (Å²) in [4.78, 5) is 13.3. The molecule has 0 saturated carbocycles. The number of carbonyl (C=O) groups excluding carboxylic acids is 1. The van der Waals surface area contributed by atoms with Crippen molar-refractivity contribution >= 4 is 34.5 Å². The van der Waals surface area contributed by atoms with Crippen LogP contribution >= 0.6 is 22.9 Å². The molecule has 0 aliphatic carbocycles. The van der Waals surface area contributed by atoms with Crippen LogP contribution in [0.4, 0.5) is 0 Å². The zero-order valence-electron chi connectivity index (χ0n) is 12.9. The molecule has 0 atom stereocenters. The maximum Gasteiger partial charge on any atom is 0.253 e. The number of nitrogens with one attached hydrogen (secondary N) is 1. The van der Waals surface area contributed by atoms with E-state index >= 15 is 0 Å². The van der Waals surface area contributed by atoms with Gasteiger partial charge in [-0.25, -0.2) is 0 Å². The fourth-order valence-electron chi connectivity index (χ4n) is 2.40. The minimum absolute atomic E-state index is 0.201. The van der Waals surface area contributed by atoms with Crippen LogP contribution in [0, 0.1) is 0 Å². The fraction of sp³-hybridized carbons (Fsp3) is 0.0588. The Morgan fingerprint density at radius 2 is 2.00 bits per heavy atom. The molecule has 1 aromatic carbocycles. The molecule has 0 fully saturated rings. The van der Waals surface area contributed by atoms with Crippen molar-refractivity contribution in [2.24, 2.45) is 0 Å². The molecule has 1 amide bonds. The maximum absolute atomic E-state index is 12.3. The Hall–Kier alpha value is -2.77. The second kappa shape index (κ2) is 6.62. The summed E-state index contributed by atoms with van der Waals surface area (Å²) in [7, 11) is 0. The average Bonchev–Trinajstić information content (AvgIpc) is 3.29. The van der Waals surface area contributed by atoms with Crippen LogP contribution in [0.5, 0.6) is 0 Å². The third-order valence-electron chi connectivity index (χ3n) is 3.63. The zero-order valence-corrected chi connectivity index (χ0v) is 14.5. The Balaban J connectivity index is 1.58. The number of fused-ring (bicyclic) bond motifs is 1. The van der Waals surface area contributed by atoms with E-state index in [9.17, 15) is 4.79 Å². The van der Waals surface area contributed by atoms with Gasteiger partial charge in [0.05, 0.1) is 22.0 Å². The van der Waals surface area contributed by atoms with Crippen molar-refractivity contribution in [1.82, 2.24) is 25.1 Å². The van der Waals surface area contributed by atoms with E-state index in [1.54, 1.807) is 40.1 Å². The Morgan fingerprint density at radius 3 is 2.80 bits per heavy atom. The molecule has 6 nitrogen and oxygen atoms in total. The van der Waals surface area contributed by atoms with Crippen LogP contribution in [0.15, 0.2) is 53.9 Å². The fourth-order valence-corrected chi connectivity index (χ4v) is 3.31. The van der Waals surface area contributed by atoms with Crippen molar-refractivity contribution in [3.63, 3.8) is 0 Å². The van der Waals surface area contributed by atoms with Crippen molar-refractivity contribution in [2.75, 3.05) is 0 Å². The second-order valence-corrected chi connectivity index (χ2v) is 6.60. The van der Waals surface area contributed by atoms with Gasteiger partial charge >= 0.3 is 0 Å². The predicted molar refractivity (Wildman–Crippen MR) is 96.7 cm³/mol. The van der Waals surface area contributed by atoms with E-state index in [4.69, 9.17) is 11.6 Å². The highest BCUT2D eigenvalue weighted by molar-refractivity contribution is 7.13. The van der Waals surface area contributed by atoms with Gasteiger partial charge in [0.15, 0.2) is 11.5 Å². The lowest BCUT2D eigenvalue weighted by molar-refractivity contribution is 0.0950. The zero-order chi connectivity index (χ0) is 17.2. The molecule has 0 spiro atoms.